The first-order chi connectivity index (χ1) is 11.2. The van der Waals surface area contributed by atoms with Gasteiger partial charge in [-0.25, -0.2) is 4.79 Å². The molecule has 23 heavy (non-hydrogen) atoms. The third kappa shape index (κ3) is 3.36. The van der Waals surface area contributed by atoms with Gasteiger partial charge in [-0.05, 0) is 32.3 Å². The molecule has 0 spiro atoms. The summed E-state index contributed by atoms with van der Waals surface area (Å²) in [5, 5.41) is 7.00. The lowest BCUT2D eigenvalue weighted by molar-refractivity contribution is 0.180. The van der Waals surface area contributed by atoms with Gasteiger partial charge in [0, 0.05) is 18.7 Å². The van der Waals surface area contributed by atoms with Crippen LogP contribution in [0, 0.1) is 6.92 Å². The smallest absolute Gasteiger partial charge is 0.318 e. The van der Waals surface area contributed by atoms with E-state index in [1.807, 2.05) is 38.1 Å². The Kier molecular flexibility index (Phi) is 4.60. The molecule has 0 bridgehead atoms. The van der Waals surface area contributed by atoms with Gasteiger partial charge >= 0.3 is 6.03 Å². The van der Waals surface area contributed by atoms with Crippen LogP contribution in [0.1, 0.15) is 43.7 Å². The normalized spacial score (nSPS) is 17.5. The largest absolute Gasteiger partial charge is 0.338 e. The van der Waals surface area contributed by atoms with E-state index < -0.39 is 0 Å². The monoisotopic (exact) mass is 314 g/mol. The second-order valence-electron chi connectivity index (χ2n) is 5.91. The molecule has 1 atom stereocenters. The minimum absolute atomic E-state index is 0.0512. The molecule has 1 fully saturated rings. The first-order valence-electron chi connectivity index (χ1n) is 8.14. The maximum atomic E-state index is 12.2. The van der Waals surface area contributed by atoms with Crippen molar-refractivity contribution in [2.45, 2.75) is 39.2 Å². The lowest BCUT2D eigenvalue weighted by Crippen LogP contribution is -2.39. The number of nitrogens with zero attached hydrogens (tertiary/aromatic N) is 3. The van der Waals surface area contributed by atoms with Gasteiger partial charge in [0.2, 0.25) is 11.7 Å². The molecule has 2 amide bonds. The van der Waals surface area contributed by atoms with Gasteiger partial charge in [0.25, 0.3) is 0 Å². The van der Waals surface area contributed by atoms with Crippen molar-refractivity contribution in [1.29, 1.82) is 0 Å². The summed E-state index contributed by atoms with van der Waals surface area (Å²) in [6.45, 7) is 5.47. The molecule has 1 aromatic carbocycles. The average molecular weight is 314 g/mol. The van der Waals surface area contributed by atoms with E-state index in [0.717, 1.165) is 36.9 Å². The minimum Gasteiger partial charge on any atom is -0.338 e. The molecular weight excluding hydrogens is 292 g/mol. The molecular formula is C17H22N4O2. The minimum atomic E-state index is -0.127. The van der Waals surface area contributed by atoms with E-state index in [-0.39, 0.29) is 12.1 Å². The summed E-state index contributed by atoms with van der Waals surface area (Å²) in [4.78, 5) is 18.5. The zero-order chi connectivity index (χ0) is 16.2. The maximum absolute atomic E-state index is 12.2. The summed E-state index contributed by atoms with van der Waals surface area (Å²) in [5.41, 5.74) is 2.08. The van der Waals surface area contributed by atoms with Crippen molar-refractivity contribution < 1.29 is 9.32 Å². The Balaban J connectivity index is 1.78. The van der Waals surface area contributed by atoms with Crippen LogP contribution in [-0.2, 0) is 0 Å². The van der Waals surface area contributed by atoms with Crippen molar-refractivity contribution in [2.75, 3.05) is 13.1 Å². The number of carbonyl (C=O) groups excluding carboxylic acids is 1. The Hall–Kier alpha value is -2.37. The molecule has 6 heteroatoms. The van der Waals surface area contributed by atoms with Crippen molar-refractivity contribution in [2.24, 2.45) is 0 Å². The molecule has 1 aliphatic heterocycles. The van der Waals surface area contributed by atoms with Crippen LogP contribution in [0.5, 0.6) is 0 Å². The summed E-state index contributed by atoms with van der Waals surface area (Å²) in [5.74, 6) is 1.09. The fraction of sp³-hybridized carbons (Fsp3) is 0.471. The zero-order valence-corrected chi connectivity index (χ0v) is 13.6. The molecule has 0 aliphatic carbocycles. The van der Waals surface area contributed by atoms with Crippen molar-refractivity contribution in [3.63, 3.8) is 0 Å². The van der Waals surface area contributed by atoms with Gasteiger partial charge in [-0.3, -0.25) is 0 Å². The SMILES string of the molecule is CCCNC(=O)N1CCC[C@H]1c1nc(-c2cccc(C)c2)no1. The Morgan fingerprint density at radius 2 is 2.35 bits per heavy atom. The number of likely N-dealkylation sites (tertiary alicyclic amines) is 1. The summed E-state index contributed by atoms with van der Waals surface area (Å²) in [7, 11) is 0. The van der Waals surface area contributed by atoms with Crippen LogP contribution in [0.2, 0.25) is 0 Å². The second kappa shape index (κ2) is 6.81. The summed E-state index contributed by atoms with van der Waals surface area (Å²) >= 11 is 0. The van der Waals surface area contributed by atoms with Crippen LogP contribution < -0.4 is 5.32 Å². The predicted octanol–water partition coefficient (Wildman–Crippen LogP) is 3.30. The predicted molar refractivity (Wildman–Crippen MR) is 86.8 cm³/mol. The van der Waals surface area contributed by atoms with Crippen molar-refractivity contribution >= 4 is 6.03 Å². The van der Waals surface area contributed by atoms with Gasteiger partial charge in [-0.2, -0.15) is 4.98 Å². The molecule has 6 nitrogen and oxygen atoms in total. The molecule has 1 saturated heterocycles. The molecule has 1 aromatic heterocycles. The van der Waals surface area contributed by atoms with Gasteiger partial charge in [0.15, 0.2) is 0 Å². The maximum Gasteiger partial charge on any atom is 0.318 e. The number of amides is 2. The molecule has 1 aliphatic rings. The quantitative estimate of drug-likeness (QED) is 0.940. The highest BCUT2D eigenvalue weighted by Crippen LogP contribution is 2.32. The van der Waals surface area contributed by atoms with Gasteiger partial charge in [-0.1, -0.05) is 35.8 Å². The van der Waals surface area contributed by atoms with Gasteiger partial charge in [0.05, 0.1) is 0 Å². The first-order valence-corrected chi connectivity index (χ1v) is 8.14. The summed E-state index contributed by atoms with van der Waals surface area (Å²) in [6, 6.07) is 7.81. The third-order valence-corrected chi connectivity index (χ3v) is 4.04. The van der Waals surface area contributed by atoms with Crippen LogP contribution in [0.15, 0.2) is 28.8 Å². The number of aryl methyl sites for hydroxylation is 1. The third-order valence-electron chi connectivity index (χ3n) is 4.04. The van der Waals surface area contributed by atoms with Crippen LogP contribution in [0.3, 0.4) is 0 Å². The number of benzene rings is 1. The number of hydrogen-bond acceptors (Lipinski definition) is 4. The summed E-state index contributed by atoms with van der Waals surface area (Å²) < 4.78 is 5.44. The Labute approximate surface area is 135 Å². The number of hydrogen-bond donors (Lipinski definition) is 1. The van der Waals surface area contributed by atoms with E-state index in [0.29, 0.717) is 18.3 Å². The number of aromatic nitrogens is 2. The molecule has 0 radical (unpaired) electrons. The average Bonchev–Trinajstić information content (AvgIpc) is 3.21. The number of rotatable bonds is 4. The molecule has 2 aromatic rings. The van der Waals surface area contributed by atoms with Crippen molar-refractivity contribution in [3.05, 3.63) is 35.7 Å². The molecule has 0 unspecified atom stereocenters. The van der Waals surface area contributed by atoms with E-state index >= 15 is 0 Å². The Bertz CT molecular complexity index is 683. The molecule has 3 rings (SSSR count). The summed E-state index contributed by atoms with van der Waals surface area (Å²) in [6.07, 6.45) is 2.73. The standard InChI is InChI=1S/C17H22N4O2/c1-3-9-18-17(22)21-10-5-8-14(21)16-19-15(20-23-16)13-7-4-6-12(2)11-13/h4,6-7,11,14H,3,5,8-10H2,1-2H3,(H,18,22)/t14-/m0/s1. The molecule has 2 heterocycles. The van der Waals surface area contributed by atoms with Gasteiger partial charge in [-0.15, -0.1) is 0 Å². The van der Waals surface area contributed by atoms with Gasteiger partial charge in [0.1, 0.15) is 6.04 Å². The highest BCUT2D eigenvalue weighted by molar-refractivity contribution is 5.74. The fourth-order valence-electron chi connectivity index (χ4n) is 2.87. The molecule has 0 saturated carbocycles. The number of nitrogens with one attached hydrogen (secondary N) is 1. The van der Waals surface area contributed by atoms with E-state index in [2.05, 4.69) is 15.5 Å². The van der Waals surface area contributed by atoms with Crippen LogP contribution in [0.25, 0.3) is 11.4 Å². The van der Waals surface area contributed by atoms with Crippen LogP contribution in [0.4, 0.5) is 4.79 Å². The number of carbonyl (C=O) groups is 1. The van der Waals surface area contributed by atoms with E-state index in [1.54, 1.807) is 4.90 Å². The topological polar surface area (TPSA) is 71.3 Å². The van der Waals surface area contributed by atoms with Gasteiger partial charge < -0.3 is 14.7 Å². The molecule has 1 N–H and O–H groups in total. The van der Waals surface area contributed by atoms with E-state index in [1.165, 1.54) is 0 Å². The highest BCUT2D eigenvalue weighted by atomic mass is 16.5. The lowest BCUT2D eigenvalue weighted by atomic mass is 10.1. The van der Waals surface area contributed by atoms with E-state index in [9.17, 15) is 4.79 Å². The van der Waals surface area contributed by atoms with Crippen LogP contribution in [-0.4, -0.2) is 34.2 Å². The fourth-order valence-corrected chi connectivity index (χ4v) is 2.87. The van der Waals surface area contributed by atoms with E-state index in [4.69, 9.17) is 4.52 Å². The Morgan fingerprint density at radius 1 is 1.48 bits per heavy atom. The number of urea groups is 1. The first kappa shape index (κ1) is 15.5. The molecule has 122 valence electrons. The Morgan fingerprint density at radius 3 is 3.13 bits per heavy atom. The van der Waals surface area contributed by atoms with Crippen molar-refractivity contribution in [1.82, 2.24) is 20.4 Å². The second-order valence-corrected chi connectivity index (χ2v) is 5.91. The van der Waals surface area contributed by atoms with Crippen molar-refractivity contribution in [3.8, 4) is 11.4 Å². The highest BCUT2D eigenvalue weighted by Gasteiger charge is 2.34. The van der Waals surface area contributed by atoms with Crippen LogP contribution >= 0.6 is 0 Å². The zero-order valence-electron chi connectivity index (χ0n) is 13.6. The lowest BCUT2D eigenvalue weighted by Gasteiger charge is -2.22.